The van der Waals surface area contributed by atoms with Crippen molar-refractivity contribution in [1.82, 2.24) is 5.32 Å². The van der Waals surface area contributed by atoms with E-state index in [1.54, 1.807) is 12.1 Å². The van der Waals surface area contributed by atoms with Crippen molar-refractivity contribution in [3.63, 3.8) is 0 Å². The zero-order valence-corrected chi connectivity index (χ0v) is 12.1. The van der Waals surface area contributed by atoms with E-state index >= 15 is 0 Å². The van der Waals surface area contributed by atoms with Gasteiger partial charge in [0, 0.05) is 6.04 Å². The average Bonchev–Trinajstić information content (AvgIpc) is 2.94. The molecule has 2 N–H and O–H groups in total. The summed E-state index contributed by atoms with van der Waals surface area (Å²) in [5.41, 5.74) is 1.89. The number of aliphatic hydroxyl groups is 1. The number of furan rings is 1. The smallest absolute Gasteiger partial charge is 0.129 e. The average molecular weight is 289 g/mol. The van der Waals surface area contributed by atoms with Crippen molar-refractivity contribution in [3.8, 4) is 0 Å². The number of nitrogens with one attached hydrogen (secondary N) is 1. The summed E-state index contributed by atoms with van der Waals surface area (Å²) in [7, 11) is 0. The van der Waals surface area contributed by atoms with Gasteiger partial charge in [-0.2, -0.15) is 0 Å². The van der Waals surface area contributed by atoms with Gasteiger partial charge in [0.15, 0.2) is 0 Å². The Bertz CT molecular complexity index is 623. The van der Waals surface area contributed by atoms with Crippen LogP contribution in [0.1, 0.15) is 42.0 Å². The SMILES string of the molecule is C[C@H]1CCc2c(F)cccc2[C@H]1NCc1ccc(CO)o1. The van der Waals surface area contributed by atoms with E-state index in [1.165, 1.54) is 6.07 Å². The predicted octanol–water partition coefficient (Wildman–Crippen LogP) is 3.32. The first kappa shape index (κ1) is 14.3. The fourth-order valence-corrected chi connectivity index (χ4v) is 3.10. The Hall–Kier alpha value is -1.65. The molecule has 0 aliphatic heterocycles. The molecule has 112 valence electrons. The number of benzene rings is 1. The normalized spacial score (nSPS) is 21.3. The van der Waals surface area contributed by atoms with E-state index in [1.807, 2.05) is 12.1 Å². The maximum absolute atomic E-state index is 13.9. The second-order valence-electron chi connectivity index (χ2n) is 5.71. The third-order valence-corrected chi connectivity index (χ3v) is 4.28. The highest BCUT2D eigenvalue weighted by Gasteiger charge is 2.27. The molecule has 1 aromatic heterocycles. The first-order chi connectivity index (χ1) is 10.2. The molecule has 0 bridgehead atoms. The second kappa shape index (κ2) is 6.00. The minimum Gasteiger partial charge on any atom is -0.462 e. The Morgan fingerprint density at radius 1 is 1.29 bits per heavy atom. The van der Waals surface area contributed by atoms with Gasteiger partial charge >= 0.3 is 0 Å². The van der Waals surface area contributed by atoms with Crippen LogP contribution in [0.4, 0.5) is 4.39 Å². The van der Waals surface area contributed by atoms with Crippen molar-refractivity contribution in [1.29, 1.82) is 0 Å². The third-order valence-electron chi connectivity index (χ3n) is 4.28. The number of hydrogen-bond acceptors (Lipinski definition) is 3. The number of hydrogen-bond donors (Lipinski definition) is 2. The van der Waals surface area contributed by atoms with Gasteiger partial charge in [-0.3, -0.25) is 0 Å². The van der Waals surface area contributed by atoms with Crippen LogP contribution in [0.5, 0.6) is 0 Å². The molecule has 0 unspecified atom stereocenters. The maximum atomic E-state index is 13.9. The first-order valence-electron chi connectivity index (χ1n) is 7.38. The zero-order valence-electron chi connectivity index (χ0n) is 12.1. The highest BCUT2D eigenvalue weighted by Crippen LogP contribution is 2.35. The maximum Gasteiger partial charge on any atom is 0.129 e. The standard InChI is InChI=1S/C17H20FNO2/c1-11-5-8-14-15(3-2-4-16(14)18)17(11)19-9-12-6-7-13(10-20)21-12/h2-4,6-7,11,17,19-20H,5,8-10H2,1H3/t11-,17-/m0/s1. The lowest BCUT2D eigenvalue weighted by atomic mass is 9.80. The Morgan fingerprint density at radius 3 is 2.86 bits per heavy atom. The lowest BCUT2D eigenvalue weighted by Crippen LogP contribution is -2.31. The van der Waals surface area contributed by atoms with Gasteiger partial charge in [0.05, 0.1) is 6.54 Å². The Kier molecular flexibility index (Phi) is 4.08. The third kappa shape index (κ3) is 2.87. The molecule has 3 rings (SSSR count). The Balaban J connectivity index is 1.77. The van der Waals surface area contributed by atoms with Crippen molar-refractivity contribution in [2.75, 3.05) is 0 Å². The summed E-state index contributed by atoms with van der Waals surface area (Å²) in [6.07, 6.45) is 1.78. The van der Waals surface area contributed by atoms with E-state index in [-0.39, 0.29) is 18.5 Å². The monoisotopic (exact) mass is 289 g/mol. The largest absolute Gasteiger partial charge is 0.462 e. The van der Waals surface area contributed by atoms with Gasteiger partial charge in [0.25, 0.3) is 0 Å². The summed E-state index contributed by atoms with van der Waals surface area (Å²) < 4.78 is 19.4. The molecule has 0 radical (unpaired) electrons. The predicted molar refractivity (Wildman–Crippen MR) is 78.1 cm³/mol. The summed E-state index contributed by atoms with van der Waals surface area (Å²) in [6, 6.07) is 9.08. The van der Waals surface area contributed by atoms with Gasteiger partial charge in [-0.1, -0.05) is 19.1 Å². The minimum atomic E-state index is -0.105. The molecular weight excluding hydrogens is 269 g/mol. The lowest BCUT2D eigenvalue weighted by molar-refractivity contribution is 0.240. The Morgan fingerprint density at radius 2 is 2.10 bits per heavy atom. The van der Waals surface area contributed by atoms with Crippen LogP contribution in [0.15, 0.2) is 34.7 Å². The molecule has 0 spiro atoms. The summed E-state index contributed by atoms with van der Waals surface area (Å²) >= 11 is 0. The van der Waals surface area contributed by atoms with Crippen molar-refractivity contribution in [2.24, 2.45) is 5.92 Å². The van der Waals surface area contributed by atoms with Gasteiger partial charge in [-0.25, -0.2) is 4.39 Å². The molecule has 21 heavy (non-hydrogen) atoms. The van der Waals surface area contributed by atoms with Crippen LogP contribution in [0.3, 0.4) is 0 Å². The van der Waals surface area contributed by atoms with E-state index in [4.69, 9.17) is 9.52 Å². The van der Waals surface area contributed by atoms with Crippen molar-refractivity contribution < 1.29 is 13.9 Å². The topological polar surface area (TPSA) is 45.4 Å². The number of aliphatic hydroxyl groups excluding tert-OH is 1. The molecule has 3 nitrogen and oxygen atoms in total. The van der Waals surface area contributed by atoms with E-state index in [9.17, 15) is 4.39 Å². The fraction of sp³-hybridized carbons (Fsp3) is 0.412. The van der Waals surface area contributed by atoms with Crippen LogP contribution in [-0.4, -0.2) is 5.11 Å². The van der Waals surface area contributed by atoms with Gasteiger partial charge in [0.1, 0.15) is 23.9 Å². The minimum absolute atomic E-state index is 0.0894. The highest BCUT2D eigenvalue weighted by molar-refractivity contribution is 5.34. The summed E-state index contributed by atoms with van der Waals surface area (Å²) in [4.78, 5) is 0. The summed E-state index contributed by atoms with van der Waals surface area (Å²) in [5, 5.41) is 12.5. The first-order valence-corrected chi connectivity index (χ1v) is 7.38. The summed E-state index contributed by atoms with van der Waals surface area (Å²) in [6.45, 7) is 2.67. The van der Waals surface area contributed by atoms with Crippen LogP contribution >= 0.6 is 0 Å². The molecule has 2 atom stereocenters. The number of rotatable bonds is 4. The molecule has 0 saturated carbocycles. The molecular formula is C17H20FNO2. The molecule has 1 aliphatic carbocycles. The van der Waals surface area contributed by atoms with E-state index < -0.39 is 0 Å². The van der Waals surface area contributed by atoms with Crippen molar-refractivity contribution in [2.45, 2.75) is 39.0 Å². The van der Waals surface area contributed by atoms with Crippen LogP contribution in [0, 0.1) is 11.7 Å². The molecule has 0 amide bonds. The van der Waals surface area contributed by atoms with E-state index in [0.717, 1.165) is 29.7 Å². The van der Waals surface area contributed by atoms with E-state index in [0.29, 0.717) is 18.2 Å². The fourth-order valence-electron chi connectivity index (χ4n) is 3.10. The zero-order chi connectivity index (χ0) is 14.8. The second-order valence-corrected chi connectivity index (χ2v) is 5.71. The molecule has 1 aliphatic rings. The highest BCUT2D eigenvalue weighted by atomic mass is 19.1. The van der Waals surface area contributed by atoms with Gasteiger partial charge in [0.2, 0.25) is 0 Å². The lowest BCUT2D eigenvalue weighted by Gasteiger charge is -2.32. The van der Waals surface area contributed by atoms with Crippen LogP contribution in [-0.2, 0) is 19.6 Å². The van der Waals surface area contributed by atoms with Crippen molar-refractivity contribution in [3.05, 3.63) is 58.8 Å². The van der Waals surface area contributed by atoms with Gasteiger partial charge < -0.3 is 14.8 Å². The summed E-state index contributed by atoms with van der Waals surface area (Å²) in [5.74, 6) is 1.70. The Labute approximate surface area is 123 Å². The molecule has 0 fully saturated rings. The van der Waals surface area contributed by atoms with Crippen LogP contribution in [0.2, 0.25) is 0 Å². The van der Waals surface area contributed by atoms with Crippen LogP contribution < -0.4 is 5.32 Å². The van der Waals surface area contributed by atoms with Crippen LogP contribution in [0.25, 0.3) is 0 Å². The molecule has 4 heteroatoms. The quantitative estimate of drug-likeness (QED) is 0.907. The van der Waals surface area contributed by atoms with E-state index in [2.05, 4.69) is 12.2 Å². The number of halogens is 1. The molecule has 0 saturated heterocycles. The molecule has 1 aromatic carbocycles. The molecule has 2 aromatic rings. The van der Waals surface area contributed by atoms with Gasteiger partial charge in [-0.15, -0.1) is 0 Å². The molecule has 1 heterocycles. The van der Waals surface area contributed by atoms with Crippen molar-refractivity contribution >= 4 is 0 Å². The van der Waals surface area contributed by atoms with Gasteiger partial charge in [-0.05, 0) is 48.1 Å². The number of fused-ring (bicyclic) bond motifs is 1.